The van der Waals surface area contributed by atoms with Crippen LogP contribution in [0.4, 0.5) is 0 Å². The molecule has 4 nitrogen and oxygen atoms in total. The Labute approximate surface area is 116 Å². The quantitative estimate of drug-likeness (QED) is 0.925. The first-order valence-electron chi connectivity index (χ1n) is 6.34. The third-order valence-corrected chi connectivity index (χ3v) is 3.59. The van der Waals surface area contributed by atoms with Crippen LogP contribution in [-0.2, 0) is 0 Å². The van der Waals surface area contributed by atoms with Gasteiger partial charge in [0.25, 0.3) is 5.91 Å². The van der Waals surface area contributed by atoms with Crippen LogP contribution in [0, 0.1) is 0 Å². The molecule has 1 N–H and O–H groups in total. The van der Waals surface area contributed by atoms with E-state index in [1.807, 2.05) is 11.0 Å². The SMILES string of the molecule is CCCN(C(=O)c1cncc(Br)c1)C1CCNC1. The number of nitrogens with zero attached hydrogens (tertiary/aromatic N) is 2. The van der Waals surface area contributed by atoms with Crippen LogP contribution in [0.2, 0.25) is 0 Å². The average molecular weight is 312 g/mol. The Hall–Kier alpha value is -0.940. The van der Waals surface area contributed by atoms with Gasteiger partial charge >= 0.3 is 0 Å². The lowest BCUT2D eigenvalue weighted by molar-refractivity contribution is 0.0691. The van der Waals surface area contributed by atoms with Crippen molar-refractivity contribution in [2.75, 3.05) is 19.6 Å². The molecule has 1 unspecified atom stereocenters. The number of amides is 1. The lowest BCUT2D eigenvalue weighted by atomic mass is 10.1. The Morgan fingerprint density at radius 1 is 1.61 bits per heavy atom. The molecule has 1 amide bonds. The molecule has 1 aliphatic heterocycles. The monoisotopic (exact) mass is 311 g/mol. The van der Waals surface area contributed by atoms with Crippen molar-refractivity contribution >= 4 is 21.8 Å². The largest absolute Gasteiger partial charge is 0.334 e. The van der Waals surface area contributed by atoms with Crippen LogP contribution in [0.3, 0.4) is 0 Å². The highest BCUT2D eigenvalue weighted by molar-refractivity contribution is 9.10. The van der Waals surface area contributed by atoms with Gasteiger partial charge in [-0.15, -0.1) is 0 Å². The zero-order valence-corrected chi connectivity index (χ0v) is 12.1. The van der Waals surface area contributed by atoms with Crippen molar-refractivity contribution in [2.45, 2.75) is 25.8 Å². The standard InChI is InChI=1S/C13H18BrN3O/c1-2-5-17(12-3-4-15-9-12)13(18)10-6-11(14)8-16-7-10/h6-8,12,15H,2-5,9H2,1H3. The zero-order valence-electron chi connectivity index (χ0n) is 10.5. The number of rotatable bonds is 4. The number of hydrogen-bond acceptors (Lipinski definition) is 3. The minimum absolute atomic E-state index is 0.0827. The first kappa shape index (κ1) is 13.5. The summed E-state index contributed by atoms with van der Waals surface area (Å²) in [7, 11) is 0. The van der Waals surface area contributed by atoms with E-state index in [1.54, 1.807) is 12.4 Å². The van der Waals surface area contributed by atoms with Gasteiger partial charge < -0.3 is 10.2 Å². The van der Waals surface area contributed by atoms with E-state index in [0.29, 0.717) is 11.6 Å². The molecule has 1 aromatic heterocycles. The average Bonchev–Trinajstić information content (AvgIpc) is 2.89. The summed E-state index contributed by atoms with van der Waals surface area (Å²) in [6, 6.07) is 2.15. The molecule has 2 heterocycles. The summed E-state index contributed by atoms with van der Waals surface area (Å²) >= 11 is 3.36. The van der Waals surface area contributed by atoms with E-state index in [1.165, 1.54) is 0 Å². The summed E-state index contributed by atoms with van der Waals surface area (Å²) < 4.78 is 0.842. The third-order valence-electron chi connectivity index (χ3n) is 3.15. The van der Waals surface area contributed by atoms with Gasteiger partial charge in [0.15, 0.2) is 0 Å². The van der Waals surface area contributed by atoms with Gasteiger partial charge in [-0.3, -0.25) is 9.78 Å². The van der Waals surface area contributed by atoms with Gasteiger partial charge in [0.05, 0.1) is 5.56 Å². The maximum atomic E-state index is 12.5. The first-order chi connectivity index (χ1) is 8.72. The Kier molecular flexibility index (Phi) is 4.72. The fraction of sp³-hybridized carbons (Fsp3) is 0.538. The number of pyridine rings is 1. The lowest BCUT2D eigenvalue weighted by Crippen LogP contribution is -2.42. The van der Waals surface area contributed by atoms with Crippen LogP contribution in [0.1, 0.15) is 30.1 Å². The van der Waals surface area contributed by atoms with E-state index in [2.05, 4.69) is 33.2 Å². The Balaban J connectivity index is 2.17. The van der Waals surface area contributed by atoms with Gasteiger partial charge in [0.1, 0.15) is 0 Å². The first-order valence-corrected chi connectivity index (χ1v) is 7.14. The summed E-state index contributed by atoms with van der Waals surface area (Å²) in [5.74, 6) is 0.0827. The van der Waals surface area contributed by atoms with E-state index in [-0.39, 0.29) is 5.91 Å². The minimum Gasteiger partial charge on any atom is -0.334 e. The van der Waals surface area contributed by atoms with Crippen molar-refractivity contribution in [1.82, 2.24) is 15.2 Å². The van der Waals surface area contributed by atoms with E-state index in [4.69, 9.17) is 0 Å². The summed E-state index contributed by atoms with van der Waals surface area (Å²) in [6.45, 7) is 4.79. The molecule has 1 fully saturated rings. The van der Waals surface area contributed by atoms with Crippen LogP contribution >= 0.6 is 15.9 Å². The molecule has 5 heteroatoms. The molecule has 0 radical (unpaired) electrons. The lowest BCUT2D eigenvalue weighted by Gasteiger charge is -2.28. The fourth-order valence-corrected chi connectivity index (χ4v) is 2.66. The van der Waals surface area contributed by atoms with Crippen LogP contribution in [0.25, 0.3) is 0 Å². The van der Waals surface area contributed by atoms with E-state index < -0.39 is 0 Å². The minimum atomic E-state index is 0.0827. The summed E-state index contributed by atoms with van der Waals surface area (Å²) in [5, 5.41) is 3.31. The van der Waals surface area contributed by atoms with Crippen LogP contribution in [0.5, 0.6) is 0 Å². The fourth-order valence-electron chi connectivity index (χ4n) is 2.29. The number of aromatic nitrogens is 1. The van der Waals surface area contributed by atoms with Crippen LogP contribution < -0.4 is 5.32 Å². The third kappa shape index (κ3) is 3.09. The van der Waals surface area contributed by atoms with Crippen molar-refractivity contribution in [3.8, 4) is 0 Å². The van der Waals surface area contributed by atoms with Crippen LogP contribution in [-0.4, -0.2) is 41.5 Å². The van der Waals surface area contributed by atoms with Gasteiger partial charge in [0.2, 0.25) is 0 Å². The second-order valence-electron chi connectivity index (χ2n) is 4.54. The summed E-state index contributed by atoms with van der Waals surface area (Å²) in [4.78, 5) is 18.6. The van der Waals surface area contributed by atoms with E-state index in [9.17, 15) is 4.79 Å². The highest BCUT2D eigenvalue weighted by Gasteiger charge is 2.26. The topological polar surface area (TPSA) is 45.2 Å². The van der Waals surface area contributed by atoms with Gasteiger partial charge in [-0.1, -0.05) is 6.92 Å². The molecule has 0 saturated carbocycles. The Morgan fingerprint density at radius 3 is 3.06 bits per heavy atom. The molecule has 0 bridgehead atoms. The maximum Gasteiger partial charge on any atom is 0.255 e. The molecular weight excluding hydrogens is 294 g/mol. The number of nitrogens with one attached hydrogen (secondary N) is 1. The van der Waals surface area contributed by atoms with Gasteiger partial charge in [0, 0.05) is 36.0 Å². The molecule has 0 aliphatic carbocycles. The number of halogens is 1. The van der Waals surface area contributed by atoms with E-state index >= 15 is 0 Å². The van der Waals surface area contributed by atoms with Gasteiger partial charge in [-0.25, -0.2) is 0 Å². The van der Waals surface area contributed by atoms with Crippen molar-refractivity contribution < 1.29 is 4.79 Å². The summed E-state index contributed by atoms with van der Waals surface area (Å²) in [5.41, 5.74) is 0.657. The highest BCUT2D eigenvalue weighted by Crippen LogP contribution is 2.16. The van der Waals surface area contributed by atoms with E-state index in [0.717, 1.165) is 36.9 Å². The van der Waals surface area contributed by atoms with Gasteiger partial charge in [-0.2, -0.15) is 0 Å². The number of carbonyl (C=O) groups is 1. The van der Waals surface area contributed by atoms with Crippen molar-refractivity contribution in [3.05, 3.63) is 28.5 Å². The van der Waals surface area contributed by atoms with Gasteiger partial charge in [-0.05, 0) is 41.4 Å². The molecule has 1 saturated heterocycles. The molecule has 2 rings (SSSR count). The second kappa shape index (κ2) is 6.29. The predicted molar refractivity (Wildman–Crippen MR) is 74.5 cm³/mol. The van der Waals surface area contributed by atoms with Crippen molar-refractivity contribution in [3.63, 3.8) is 0 Å². The Morgan fingerprint density at radius 2 is 2.44 bits per heavy atom. The zero-order chi connectivity index (χ0) is 13.0. The highest BCUT2D eigenvalue weighted by atomic mass is 79.9. The van der Waals surface area contributed by atoms with Crippen LogP contribution in [0.15, 0.2) is 22.9 Å². The maximum absolute atomic E-state index is 12.5. The second-order valence-corrected chi connectivity index (χ2v) is 5.45. The number of carbonyl (C=O) groups excluding carboxylic acids is 1. The summed E-state index contributed by atoms with van der Waals surface area (Å²) in [6.07, 6.45) is 5.34. The molecule has 1 aromatic rings. The van der Waals surface area contributed by atoms with Crippen molar-refractivity contribution in [2.24, 2.45) is 0 Å². The molecule has 0 spiro atoms. The molecule has 1 atom stereocenters. The normalized spacial score (nSPS) is 18.9. The smallest absolute Gasteiger partial charge is 0.255 e. The predicted octanol–water partition coefficient (Wildman–Crippen LogP) is 2.06. The van der Waals surface area contributed by atoms with Crippen molar-refractivity contribution in [1.29, 1.82) is 0 Å². The molecule has 1 aliphatic rings. The Bertz CT molecular complexity index is 418. The molecular formula is C13H18BrN3O. The number of hydrogen-bond donors (Lipinski definition) is 1. The molecule has 98 valence electrons. The molecule has 0 aromatic carbocycles. The molecule has 18 heavy (non-hydrogen) atoms.